The first-order chi connectivity index (χ1) is 11.5. The summed E-state index contributed by atoms with van der Waals surface area (Å²) in [7, 11) is 0. The summed E-state index contributed by atoms with van der Waals surface area (Å²) in [6.07, 6.45) is -1.52. The van der Waals surface area contributed by atoms with Gasteiger partial charge >= 0.3 is 6.18 Å². The fraction of sp³-hybridized carbons (Fsp3) is 0.375. The summed E-state index contributed by atoms with van der Waals surface area (Å²) < 4.78 is 38.3. The molecular weight excluding hydrogens is 319 g/mol. The Morgan fingerprint density at radius 3 is 2.54 bits per heavy atom. The van der Waals surface area contributed by atoms with Crippen molar-refractivity contribution in [3.63, 3.8) is 0 Å². The molecule has 0 aliphatic heterocycles. The molecule has 0 saturated heterocycles. The van der Waals surface area contributed by atoms with Crippen molar-refractivity contribution in [3.05, 3.63) is 48.3 Å². The number of benzene rings is 1. The molecule has 0 aliphatic rings. The van der Waals surface area contributed by atoms with E-state index in [4.69, 9.17) is 0 Å². The fourth-order valence-corrected chi connectivity index (χ4v) is 2.01. The number of hydrogen-bond donors (Lipinski definition) is 2. The third kappa shape index (κ3) is 5.94. The van der Waals surface area contributed by atoms with Crippen molar-refractivity contribution in [1.29, 1.82) is 0 Å². The summed E-state index contributed by atoms with van der Waals surface area (Å²) in [4.78, 5) is 4.30. The predicted octanol–water partition coefficient (Wildman–Crippen LogP) is 2.88. The molecule has 0 atom stereocenters. The van der Waals surface area contributed by atoms with Gasteiger partial charge in [-0.1, -0.05) is 12.1 Å². The molecule has 1 aromatic heterocycles. The molecule has 8 heteroatoms. The van der Waals surface area contributed by atoms with Gasteiger partial charge in [0.15, 0.2) is 5.96 Å². The molecular formula is C16H20F3N5. The number of rotatable bonds is 6. The first-order valence-corrected chi connectivity index (χ1v) is 7.66. The van der Waals surface area contributed by atoms with Crippen LogP contribution in [0.3, 0.4) is 0 Å². The molecule has 24 heavy (non-hydrogen) atoms. The number of nitrogens with one attached hydrogen (secondary N) is 2. The molecule has 0 aliphatic carbocycles. The monoisotopic (exact) mass is 339 g/mol. The third-order valence-electron chi connectivity index (χ3n) is 3.17. The number of aliphatic imine (C=N–C) groups is 1. The van der Waals surface area contributed by atoms with E-state index in [-0.39, 0.29) is 6.54 Å². The van der Waals surface area contributed by atoms with E-state index in [9.17, 15) is 13.2 Å². The number of nitrogens with zero attached hydrogens (tertiary/aromatic N) is 3. The smallest absolute Gasteiger partial charge is 0.357 e. The van der Waals surface area contributed by atoms with Crippen LogP contribution in [0.5, 0.6) is 0 Å². The highest BCUT2D eigenvalue weighted by molar-refractivity contribution is 5.79. The van der Waals surface area contributed by atoms with Crippen molar-refractivity contribution < 1.29 is 13.2 Å². The zero-order valence-corrected chi connectivity index (χ0v) is 13.3. The molecule has 2 rings (SSSR count). The van der Waals surface area contributed by atoms with E-state index in [0.29, 0.717) is 19.0 Å². The van der Waals surface area contributed by atoms with Crippen molar-refractivity contribution in [2.75, 3.05) is 13.1 Å². The highest BCUT2D eigenvalue weighted by atomic mass is 19.4. The van der Waals surface area contributed by atoms with Crippen molar-refractivity contribution >= 4 is 5.96 Å². The van der Waals surface area contributed by atoms with Gasteiger partial charge in [-0.15, -0.1) is 0 Å². The van der Waals surface area contributed by atoms with Crippen LogP contribution in [-0.4, -0.2) is 35.0 Å². The maximum Gasteiger partial charge on any atom is 0.390 e. The SMILES string of the molecule is CCNC(=NCc1ccc(-n2cccn2)cc1)NCCC(F)(F)F. The molecule has 0 amide bonds. The molecule has 0 spiro atoms. The van der Waals surface area contributed by atoms with Gasteiger partial charge in [0.05, 0.1) is 18.7 Å². The van der Waals surface area contributed by atoms with E-state index in [1.807, 2.05) is 43.5 Å². The molecule has 1 heterocycles. The van der Waals surface area contributed by atoms with E-state index in [2.05, 4.69) is 20.7 Å². The minimum atomic E-state index is -4.17. The molecule has 130 valence electrons. The van der Waals surface area contributed by atoms with Crippen LogP contribution in [0, 0.1) is 0 Å². The van der Waals surface area contributed by atoms with E-state index >= 15 is 0 Å². The van der Waals surface area contributed by atoms with Crippen LogP contribution in [0.15, 0.2) is 47.7 Å². The predicted molar refractivity (Wildman–Crippen MR) is 87.1 cm³/mol. The topological polar surface area (TPSA) is 54.2 Å². The van der Waals surface area contributed by atoms with Crippen LogP contribution in [0.1, 0.15) is 18.9 Å². The second kappa shape index (κ2) is 8.37. The van der Waals surface area contributed by atoms with E-state index in [1.54, 1.807) is 10.9 Å². The Bertz CT molecular complexity index is 633. The Balaban J connectivity index is 1.92. The summed E-state index contributed by atoms with van der Waals surface area (Å²) in [5, 5.41) is 9.76. The molecule has 5 nitrogen and oxygen atoms in total. The lowest BCUT2D eigenvalue weighted by atomic mass is 10.2. The maximum atomic E-state index is 12.2. The van der Waals surface area contributed by atoms with Crippen LogP contribution in [0.2, 0.25) is 0 Å². The molecule has 2 N–H and O–H groups in total. The third-order valence-corrected chi connectivity index (χ3v) is 3.17. The van der Waals surface area contributed by atoms with Crippen LogP contribution in [0.4, 0.5) is 13.2 Å². The zero-order valence-electron chi connectivity index (χ0n) is 13.3. The second-order valence-corrected chi connectivity index (χ2v) is 5.10. The summed E-state index contributed by atoms with van der Waals surface area (Å²) in [5.74, 6) is 0.373. The van der Waals surface area contributed by atoms with Crippen molar-refractivity contribution in [3.8, 4) is 5.69 Å². The first kappa shape index (κ1) is 17.8. The lowest BCUT2D eigenvalue weighted by molar-refractivity contribution is -0.132. The number of guanidine groups is 1. The fourth-order valence-electron chi connectivity index (χ4n) is 2.01. The molecule has 0 radical (unpaired) electrons. The average molecular weight is 339 g/mol. The molecule has 0 bridgehead atoms. The number of aromatic nitrogens is 2. The minimum absolute atomic E-state index is 0.201. The number of halogens is 3. The number of alkyl halides is 3. The van der Waals surface area contributed by atoms with Gasteiger partial charge in [-0.05, 0) is 30.7 Å². The maximum absolute atomic E-state index is 12.2. The van der Waals surface area contributed by atoms with Crippen LogP contribution >= 0.6 is 0 Å². The Labute approximate surface area is 138 Å². The molecule has 1 aromatic carbocycles. The van der Waals surface area contributed by atoms with E-state index < -0.39 is 12.6 Å². The van der Waals surface area contributed by atoms with Crippen molar-refractivity contribution in [2.24, 2.45) is 4.99 Å². The minimum Gasteiger partial charge on any atom is -0.357 e. The number of hydrogen-bond acceptors (Lipinski definition) is 2. The molecule has 0 saturated carbocycles. The first-order valence-electron chi connectivity index (χ1n) is 7.66. The van der Waals surface area contributed by atoms with Gasteiger partial charge in [0, 0.05) is 25.5 Å². The average Bonchev–Trinajstić information content (AvgIpc) is 3.06. The second-order valence-electron chi connectivity index (χ2n) is 5.10. The van der Waals surface area contributed by atoms with Gasteiger partial charge in [-0.3, -0.25) is 0 Å². The van der Waals surface area contributed by atoms with Crippen molar-refractivity contribution in [2.45, 2.75) is 26.1 Å². The van der Waals surface area contributed by atoms with Crippen LogP contribution < -0.4 is 10.6 Å². The lowest BCUT2D eigenvalue weighted by Crippen LogP contribution is -2.38. The highest BCUT2D eigenvalue weighted by Crippen LogP contribution is 2.18. The highest BCUT2D eigenvalue weighted by Gasteiger charge is 2.26. The standard InChI is InChI=1S/C16H20F3N5/c1-2-20-15(21-10-8-16(17,18)19)22-12-13-4-6-14(7-5-13)24-11-3-9-23-24/h3-7,9,11H,2,8,10,12H2,1H3,(H2,20,21,22). The Morgan fingerprint density at radius 2 is 1.96 bits per heavy atom. The van der Waals surface area contributed by atoms with E-state index in [0.717, 1.165) is 11.3 Å². The normalized spacial score (nSPS) is 12.2. The largest absolute Gasteiger partial charge is 0.390 e. The van der Waals surface area contributed by atoms with Gasteiger partial charge in [0.25, 0.3) is 0 Å². The van der Waals surface area contributed by atoms with E-state index in [1.165, 1.54) is 0 Å². The van der Waals surface area contributed by atoms with Gasteiger partial charge in [-0.2, -0.15) is 18.3 Å². The zero-order chi connectivity index (χ0) is 17.4. The van der Waals surface area contributed by atoms with Crippen LogP contribution in [0.25, 0.3) is 5.69 Å². The van der Waals surface area contributed by atoms with Gasteiger partial charge < -0.3 is 10.6 Å². The van der Waals surface area contributed by atoms with Gasteiger partial charge in [0.2, 0.25) is 0 Å². The molecule has 0 fully saturated rings. The van der Waals surface area contributed by atoms with Gasteiger partial charge in [0.1, 0.15) is 0 Å². The summed E-state index contributed by atoms with van der Waals surface area (Å²) >= 11 is 0. The molecule has 2 aromatic rings. The Morgan fingerprint density at radius 1 is 1.21 bits per heavy atom. The Hall–Kier alpha value is -2.51. The summed E-state index contributed by atoms with van der Waals surface area (Å²) in [6.45, 7) is 2.62. The quantitative estimate of drug-likeness (QED) is 0.628. The summed E-state index contributed by atoms with van der Waals surface area (Å²) in [5.41, 5.74) is 1.89. The molecule has 0 unspecified atom stereocenters. The van der Waals surface area contributed by atoms with Gasteiger partial charge in [-0.25, -0.2) is 9.67 Å². The van der Waals surface area contributed by atoms with Crippen molar-refractivity contribution in [1.82, 2.24) is 20.4 Å². The Kier molecular flexibility index (Phi) is 6.22. The lowest BCUT2D eigenvalue weighted by Gasteiger charge is -2.12. The van der Waals surface area contributed by atoms with Crippen LogP contribution in [-0.2, 0) is 6.54 Å². The summed E-state index contributed by atoms with van der Waals surface area (Å²) in [6, 6.07) is 9.51.